The van der Waals surface area contributed by atoms with Crippen LogP contribution in [0.4, 0.5) is 13.2 Å². The molecule has 0 aliphatic carbocycles. The number of aromatic nitrogens is 2. The van der Waals surface area contributed by atoms with E-state index in [1.165, 1.54) is 24.3 Å². The number of hydrogen-bond donors (Lipinski definition) is 0. The van der Waals surface area contributed by atoms with Gasteiger partial charge in [0.05, 0.1) is 12.1 Å². The first-order valence-corrected chi connectivity index (χ1v) is 9.57. The lowest BCUT2D eigenvalue weighted by atomic mass is 10.0. The van der Waals surface area contributed by atoms with Crippen molar-refractivity contribution in [2.24, 2.45) is 0 Å². The highest BCUT2D eigenvalue weighted by molar-refractivity contribution is 5.98. The molecule has 0 spiro atoms. The Labute approximate surface area is 176 Å². The van der Waals surface area contributed by atoms with Gasteiger partial charge in [0.25, 0.3) is 5.91 Å². The Hall–Kier alpha value is -3.62. The summed E-state index contributed by atoms with van der Waals surface area (Å²) in [5.74, 6) is 0.641. The van der Waals surface area contributed by atoms with Gasteiger partial charge in [-0.3, -0.25) is 4.79 Å². The summed E-state index contributed by atoms with van der Waals surface area (Å²) in [6.07, 6.45) is -0.920. The number of fused-ring (bicyclic) bond motifs is 1. The van der Waals surface area contributed by atoms with Crippen molar-refractivity contribution < 1.29 is 27.4 Å². The van der Waals surface area contributed by atoms with E-state index in [0.29, 0.717) is 54.4 Å². The summed E-state index contributed by atoms with van der Waals surface area (Å²) in [7, 11) is 0. The van der Waals surface area contributed by atoms with Crippen LogP contribution in [0.5, 0.6) is 11.5 Å². The second-order valence-corrected chi connectivity index (χ2v) is 6.84. The molecule has 0 N–H and O–H groups in total. The minimum absolute atomic E-state index is 0.178. The molecule has 6 nitrogen and oxygen atoms in total. The Bertz CT molecular complexity index is 1060. The van der Waals surface area contributed by atoms with Crippen molar-refractivity contribution in [1.29, 1.82) is 0 Å². The average Bonchev–Trinajstić information content (AvgIpc) is 2.91. The van der Waals surface area contributed by atoms with Crippen LogP contribution in [-0.2, 0) is 6.42 Å². The second kappa shape index (κ2) is 8.63. The van der Waals surface area contributed by atoms with Crippen LogP contribution in [0.15, 0.2) is 60.9 Å². The third kappa shape index (κ3) is 5.11. The van der Waals surface area contributed by atoms with Crippen molar-refractivity contribution in [2.45, 2.75) is 12.8 Å². The van der Waals surface area contributed by atoms with E-state index in [-0.39, 0.29) is 11.7 Å². The first-order chi connectivity index (χ1) is 14.9. The summed E-state index contributed by atoms with van der Waals surface area (Å²) in [5.41, 5.74) is 1.74. The summed E-state index contributed by atoms with van der Waals surface area (Å²) >= 11 is 0. The fraction of sp³-hybridized carbons (Fsp3) is 0.227. The molecule has 0 bridgehead atoms. The first kappa shape index (κ1) is 20.6. The molecule has 0 saturated heterocycles. The average molecular weight is 429 g/mol. The summed E-state index contributed by atoms with van der Waals surface area (Å²) < 4.78 is 46.7. The van der Waals surface area contributed by atoms with Gasteiger partial charge in [-0.05, 0) is 41.5 Å². The van der Waals surface area contributed by atoms with E-state index in [9.17, 15) is 18.0 Å². The van der Waals surface area contributed by atoms with Gasteiger partial charge in [-0.15, -0.1) is 13.2 Å². The normalized spacial score (nSPS) is 13.9. The van der Waals surface area contributed by atoms with Gasteiger partial charge >= 0.3 is 6.36 Å². The Morgan fingerprint density at radius 1 is 1.03 bits per heavy atom. The molecule has 2 aromatic carbocycles. The highest BCUT2D eigenvalue weighted by atomic mass is 19.4. The predicted octanol–water partition coefficient (Wildman–Crippen LogP) is 4.12. The number of alkyl halides is 3. The van der Waals surface area contributed by atoms with Crippen LogP contribution in [0.3, 0.4) is 0 Å². The fourth-order valence-corrected chi connectivity index (χ4v) is 3.30. The number of hydrogen-bond acceptors (Lipinski definition) is 5. The van der Waals surface area contributed by atoms with Crippen LogP contribution in [-0.4, -0.2) is 46.8 Å². The topological polar surface area (TPSA) is 64.6 Å². The van der Waals surface area contributed by atoms with Crippen LogP contribution >= 0.6 is 0 Å². The molecule has 1 amide bonds. The van der Waals surface area contributed by atoms with Gasteiger partial charge in [-0.1, -0.05) is 18.2 Å². The lowest BCUT2D eigenvalue weighted by molar-refractivity contribution is -0.274. The quantitative estimate of drug-likeness (QED) is 0.611. The highest BCUT2D eigenvalue weighted by Crippen LogP contribution is 2.31. The zero-order valence-corrected chi connectivity index (χ0v) is 16.3. The van der Waals surface area contributed by atoms with Crippen LogP contribution in [0.1, 0.15) is 16.2 Å². The monoisotopic (exact) mass is 429 g/mol. The Balaban J connectivity index is 1.53. The van der Waals surface area contributed by atoms with Crippen LogP contribution in [0.25, 0.3) is 11.1 Å². The molecular formula is C22H18F3N3O3. The molecule has 4 rings (SSSR count). The van der Waals surface area contributed by atoms with Crippen LogP contribution in [0, 0.1) is 0 Å². The van der Waals surface area contributed by atoms with Gasteiger partial charge in [0.15, 0.2) is 0 Å². The maximum Gasteiger partial charge on any atom is 0.573 e. The Morgan fingerprint density at radius 2 is 1.74 bits per heavy atom. The number of halogens is 3. The summed E-state index contributed by atoms with van der Waals surface area (Å²) in [6, 6.07) is 12.4. The van der Waals surface area contributed by atoms with Crippen molar-refractivity contribution >= 4 is 5.91 Å². The number of carbonyl (C=O) groups excluding carboxylic acids is 1. The molecule has 31 heavy (non-hydrogen) atoms. The van der Waals surface area contributed by atoms with Gasteiger partial charge < -0.3 is 14.4 Å². The van der Waals surface area contributed by atoms with Gasteiger partial charge in [-0.25, -0.2) is 9.97 Å². The minimum Gasteiger partial charge on any atom is -0.491 e. The third-order valence-electron chi connectivity index (χ3n) is 4.76. The molecule has 1 aliphatic rings. The maximum absolute atomic E-state index is 13.1. The van der Waals surface area contributed by atoms with E-state index in [0.717, 1.165) is 0 Å². The van der Waals surface area contributed by atoms with E-state index in [1.54, 1.807) is 41.6 Å². The van der Waals surface area contributed by atoms with Crippen molar-refractivity contribution in [3.63, 3.8) is 0 Å². The van der Waals surface area contributed by atoms with E-state index < -0.39 is 6.36 Å². The van der Waals surface area contributed by atoms with E-state index in [1.807, 2.05) is 0 Å². The summed E-state index contributed by atoms with van der Waals surface area (Å²) in [5, 5.41) is 0. The van der Waals surface area contributed by atoms with Crippen LogP contribution in [0.2, 0.25) is 0 Å². The molecule has 0 saturated carbocycles. The molecule has 0 fully saturated rings. The molecule has 1 aromatic heterocycles. The van der Waals surface area contributed by atoms with Gasteiger partial charge in [0.1, 0.15) is 23.9 Å². The van der Waals surface area contributed by atoms with Gasteiger partial charge in [0.2, 0.25) is 0 Å². The number of carbonyl (C=O) groups is 1. The number of amides is 1. The molecular weight excluding hydrogens is 411 g/mol. The lowest BCUT2D eigenvalue weighted by Gasteiger charge is -2.19. The molecule has 0 unspecified atom stereocenters. The number of ether oxygens (including phenoxy) is 2. The number of nitrogens with zero attached hydrogens (tertiary/aromatic N) is 3. The van der Waals surface area contributed by atoms with Gasteiger partial charge in [0, 0.05) is 25.4 Å². The van der Waals surface area contributed by atoms with E-state index in [4.69, 9.17) is 4.74 Å². The molecule has 0 atom stereocenters. The van der Waals surface area contributed by atoms with E-state index >= 15 is 0 Å². The Morgan fingerprint density at radius 3 is 2.45 bits per heavy atom. The smallest absolute Gasteiger partial charge is 0.491 e. The minimum atomic E-state index is -4.75. The molecule has 2 heterocycles. The first-order valence-electron chi connectivity index (χ1n) is 9.57. The highest BCUT2D eigenvalue weighted by Gasteiger charge is 2.31. The third-order valence-corrected chi connectivity index (χ3v) is 4.76. The SMILES string of the molecule is O=C1c2cc(-c3ccc(OC(F)(F)F)cc3)ccc2OCCN1CCc1ncccn1. The van der Waals surface area contributed by atoms with Crippen LogP contribution < -0.4 is 9.47 Å². The van der Waals surface area contributed by atoms with Crippen molar-refractivity contribution in [1.82, 2.24) is 14.9 Å². The van der Waals surface area contributed by atoms with Gasteiger partial charge in [-0.2, -0.15) is 0 Å². The zero-order valence-electron chi connectivity index (χ0n) is 16.3. The van der Waals surface area contributed by atoms with Crippen molar-refractivity contribution in [2.75, 3.05) is 19.7 Å². The Kier molecular flexibility index (Phi) is 5.75. The number of rotatable bonds is 5. The fourth-order valence-electron chi connectivity index (χ4n) is 3.30. The molecule has 1 aliphatic heterocycles. The van der Waals surface area contributed by atoms with Crippen molar-refractivity contribution in [3.05, 3.63) is 72.3 Å². The van der Waals surface area contributed by atoms with Crippen molar-refractivity contribution in [3.8, 4) is 22.6 Å². The molecule has 0 radical (unpaired) electrons. The maximum atomic E-state index is 13.1. The zero-order chi connectivity index (χ0) is 21.8. The largest absolute Gasteiger partial charge is 0.573 e. The standard InChI is InChI=1S/C22H18F3N3O3/c23-22(24,25)31-17-5-2-15(3-6-17)16-4-7-19-18(14-16)21(29)28(12-13-30-19)11-8-20-26-9-1-10-27-20/h1-7,9-10,14H,8,11-13H2. The molecule has 160 valence electrons. The van der Waals surface area contributed by atoms with E-state index in [2.05, 4.69) is 14.7 Å². The summed E-state index contributed by atoms with van der Waals surface area (Å²) in [4.78, 5) is 23.2. The number of benzene rings is 2. The lowest BCUT2D eigenvalue weighted by Crippen LogP contribution is -2.34. The second-order valence-electron chi connectivity index (χ2n) is 6.84. The molecule has 3 aromatic rings. The summed E-state index contributed by atoms with van der Waals surface area (Å²) in [6.45, 7) is 1.23. The molecule has 9 heteroatoms. The predicted molar refractivity (Wildman–Crippen MR) is 106 cm³/mol.